The molecular formula is C30H37NO3. The Bertz CT molecular complexity index is 1140. The third-order valence-electron chi connectivity index (χ3n) is 7.67. The zero-order valence-electron chi connectivity index (χ0n) is 21.1. The topological polar surface area (TPSA) is 60.8 Å². The first-order chi connectivity index (χ1) is 16.0. The van der Waals surface area contributed by atoms with E-state index in [-0.39, 0.29) is 16.4 Å². The molecule has 1 aliphatic heterocycles. The second kappa shape index (κ2) is 9.16. The van der Waals surface area contributed by atoms with Gasteiger partial charge in [-0.3, -0.25) is 0 Å². The minimum absolute atomic E-state index is 0.0533. The Balaban J connectivity index is 1.76. The highest BCUT2D eigenvalue weighted by Gasteiger charge is 2.39. The number of hydrogen-bond donors (Lipinski definition) is 2. The molecular weight excluding hydrogens is 422 g/mol. The van der Waals surface area contributed by atoms with Crippen LogP contribution in [-0.2, 0) is 10.8 Å². The van der Waals surface area contributed by atoms with Gasteiger partial charge in [0.15, 0.2) is 0 Å². The molecule has 0 spiro atoms. The number of carboxylic acid groups (broad SMARTS) is 1. The third-order valence-corrected chi connectivity index (χ3v) is 7.67. The summed E-state index contributed by atoms with van der Waals surface area (Å²) in [5.41, 5.74) is 7.68. The van der Waals surface area contributed by atoms with Crippen molar-refractivity contribution in [1.82, 2.24) is 4.90 Å². The van der Waals surface area contributed by atoms with Crippen LogP contribution in [0.25, 0.3) is 11.6 Å². The van der Waals surface area contributed by atoms with Crippen LogP contribution in [0.3, 0.4) is 0 Å². The van der Waals surface area contributed by atoms with Crippen LogP contribution in [-0.4, -0.2) is 41.2 Å². The minimum atomic E-state index is -0.939. The molecule has 0 saturated carbocycles. The van der Waals surface area contributed by atoms with E-state index in [1.165, 1.54) is 22.3 Å². The molecule has 4 nitrogen and oxygen atoms in total. The zero-order valence-corrected chi connectivity index (χ0v) is 21.1. The van der Waals surface area contributed by atoms with E-state index in [1.54, 1.807) is 30.3 Å². The van der Waals surface area contributed by atoms with Crippen LogP contribution in [0, 0.1) is 0 Å². The Labute approximate surface area is 203 Å². The number of hydrogen-bond acceptors (Lipinski definition) is 3. The van der Waals surface area contributed by atoms with Crippen LogP contribution in [0.15, 0.2) is 48.6 Å². The maximum atomic E-state index is 11.2. The Hall–Kier alpha value is -2.69. The number of aliphatic hydroxyl groups excluding tert-OH is 1. The molecule has 2 aromatic carbocycles. The molecule has 34 heavy (non-hydrogen) atoms. The normalized spacial score (nSPS) is 20.6. The highest BCUT2D eigenvalue weighted by Crippen LogP contribution is 2.49. The van der Waals surface area contributed by atoms with Crippen molar-refractivity contribution in [1.29, 1.82) is 0 Å². The number of benzene rings is 2. The fraction of sp³-hybridized carbons (Fsp3) is 0.433. The van der Waals surface area contributed by atoms with Gasteiger partial charge in [0.1, 0.15) is 0 Å². The molecule has 0 radical (unpaired) electrons. The van der Waals surface area contributed by atoms with E-state index < -0.39 is 12.1 Å². The van der Waals surface area contributed by atoms with E-state index in [0.29, 0.717) is 0 Å². The molecule has 1 heterocycles. The summed E-state index contributed by atoms with van der Waals surface area (Å²) in [5, 5.41) is 20.3. The van der Waals surface area contributed by atoms with Crippen molar-refractivity contribution in [3.8, 4) is 0 Å². The fourth-order valence-corrected chi connectivity index (χ4v) is 5.30. The minimum Gasteiger partial charge on any atom is -0.478 e. The Morgan fingerprint density at radius 3 is 2.35 bits per heavy atom. The lowest BCUT2D eigenvalue weighted by Crippen LogP contribution is -2.35. The molecule has 4 rings (SSSR count). The Kier molecular flexibility index (Phi) is 6.58. The summed E-state index contributed by atoms with van der Waals surface area (Å²) in [6.07, 6.45) is 8.57. The van der Waals surface area contributed by atoms with Gasteiger partial charge in [-0.2, -0.15) is 0 Å². The fourth-order valence-electron chi connectivity index (χ4n) is 5.30. The number of nitrogens with zero attached hydrogens (tertiary/aromatic N) is 1. The molecule has 0 aromatic heterocycles. The molecule has 0 amide bonds. The van der Waals surface area contributed by atoms with Crippen LogP contribution in [0.1, 0.15) is 91.2 Å². The summed E-state index contributed by atoms with van der Waals surface area (Å²) >= 11 is 0. The van der Waals surface area contributed by atoms with Crippen LogP contribution < -0.4 is 0 Å². The van der Waals surface area contributed by atoms with E-state index in [4.69, 9.17) is 5.11 Å². The van der Waals surface area contributed by atoms with Crippen LogP contribution in [0.2, 0.25) is 0 Å². The van der Waals surface area contributed by atoms with Gasteiger partial charge in [-0.25, -0.2) is 4.79 Å². The average Bonchev–Trinajstić information content (AvgIpc) is 2.80. The quantitative estimate of drug-likeness (QED) is 0.559. The second-order valence-corrected chi connectivity index (χ2v) is 11.2. The van der Waals surface area contributed by atoms with Crippen molar-refractivity contribution in [2.75, 3.05) is 20.1 Å². The van der Waals surface area contributed by atoms with Gasteiger partial charge in [-0.15, -0.1) is 0 Å². The van der Waals surface area contributed by atoms with Crippen molar-refractivity contribution >= 4 is 17.6 Å². The zero-order chi connectivity index (χ0) is 24.7. The van der Waals surface area contributed by atoms with Gasteiger partial charge < -0.3 is 15.1 Å². The molecule has 1 atom stereocenters. The Morgan fingerprint density at radius 1 is 1.06 bits per heavy atom. The van der Waals surface area contributed by atoms with E-state index in [0.717, 1.165) is 43.5 Å². The molecule has 2 aliphatic rings. The lowest BCUT2D eigenvalue weighted by Gasteiger charge is -2.44. The van der Waals surface area contributed by atoms with Crippen molar-refractivity contribution < 1.29 is 15.0 Å². The van der Waals surface area contributed by atoms with E-state index in [9.17, 15) is 9.90 Å². The summed E-state index contributed by atoms with van der Waals surface area (Å²) in [5.74, 6) is -0.939. The number of likely N-dealkylation sites (N-methyl/N-ethyl adjacent to an activating group) is 1. The van der Waals surface area contributed by atoms with Gasteiger partial charge in [0.25, 0.3) is 0 Å². The summed E-state index contributed by atoms with van der Waals surface area (Å²) in [7, 11) is 2.16. The summed E-state index contributed by atoms with van der Waals surface area (Å²) in [6.45, 7) is 11.4. The summed E-state index contributed by atoms with van der Waals surface area (Å²) in [4.78, 5) is 13.4. The maximum Gasteiger partial charge on any atom is 0.335 e. The van der Waals surface area contributed by atoms with Crippen molar-refractivity contribution in [2.24, 2.45) is 0 Å². The highest BCUT2D eigenvalue weighted by atomic mass is 16.4. The molecule has 2 aromatic rings. The van der Waals surface area contributed by atoms with Crippen LogP contribution >= 0.6 is 0 Å². The third kappa shape index (κ3) is 4.89. The average molecular weight is 460 g/mol. The lowest BCUT2D eigenvalue weighted by atomic mass is 9.61. The van der Waals surface area contributed by atoms with E-state index in [2.05, 4.69) is 57.9 Å². The van der Waals surface area contributed by atoms with Crippen LogP contribution in [0.5, 0.6) is 0 Å². The molecule has 4 heteroatoms. The predicted octanol–water partition coefficient (Wildman–Crippen LogP) is 6.20. The van der Waals surface area contributed by atoms with Gasteiger partial charge >= 0.3 is 5.97 Å². The highest BCUT2D eigenvalue weighted by molar-refractivity contribution is 5.87. The Morgan fingerprint density at radius 2 is 1.74 bits per heavy atom. The number of carbonyl (C=O) groups is 1. The van der Waals surface area contributed by atoms with Crippen LogP contribution in [0.4, 0.5) is 0 Å². The standard InChI is InChI=1S/C30H37NO3/c1-29(2)14-15-30(3,4)27-24(21-12-16-31(5)17-13-21)18-23(19-25(27)29)26(32)11-8-20-6-9-22(10-7-20)28(33)34/h6-12,18-19,26,32H,13-17H2,1-5H3,(H,33,34)/b11-8+. The molecule has 1 unspecified atom stereocenters. The first-order valence-corrected chi connectivity index (χ1v) is 12.2. The molecule has 2 N–H and O–H groups in total. The first-order valence-electron chi connectivity index (χ1n) is 12.2. The first kappa shape index (κ1) is 24.4. The number of aliphatic hydroxyl groups is 1. The molecule has 1 aliphatic carbocycles. The second-order valence-electron chi connectivity index (χ2n) is 11.2. The molecule has 0 saturated heterocycles. The number of fused-ring (bicyclic) bond motifs is 1. The number of rotatable bonds is 5. The molecule has 0 bridgehead atoms. The maximum absolute atomic E-state index is 11.2. The van der Waals surface area contributed by atoms with Crippen molar-refractivity contribution in [2.45, 2.75) is 63.9 Å². The number of carboxylic acids is 1. The smallest absolute Gasteiger partial charge is 0.335 e. The molecule has 180 valence electrons. The largest absolute Gasteiger partial charge is 0.478 e. The van der Waals surface area contributed by atoms with Crippen molar-refractivity contribution in [3.63, 3.8) is 0 Å². The predicted molar refractivity (Wildman–Crippen MR) is 139 cm³/mol. The van der Waals surface area contributed by atoms with Gasteiger partial charge in [0.05, 0.1) is 11.7 Å². The summed E-state index contributed by atoms with van der Waals surface area (Å²) < 4.78 is 0. The van der Waals surface area contributed by atoms with Gasteiger partial charge in [0, 0.05) is 13.1 Å². The van der Waals surface area contributed by atoms with Gasteiger partial charge in [-0.05, 0) is 88.7 Å². The van der Waals surface area contributed by atoms with E-state index >= 15 is 0 Å². The SMILES string of the molecule is CN1CC=C(c2cc(C(O)/C=C/c3ccc(C(=O)O)cc3)cc3c2C(C)(C)CCC3(C)C)CC1. The molecule has 0 fully saturated rings. The van der Waals surface area contributed by atoms with Gasteiger partial charge in [0.2, 0.25) is 0 Å². The van der Waals surface area contributed by atoms with Gasteiger partial charge in [-0.1, -0.05) is 64.1 Å². The lowest BCUT2D eigenvalue weighted by molar-refractivity contribution is 0.0697. The van der Waals surface area contributed by atoms with Crippen molar-refractivity contribution in [3.05, 3.63) is 81.9 Å². The van der Waals surface area contributed by atoms with E-state index in [1.807, 2.05) is 6.08 Å². The number of aromatic carboxylic acids is 1. The monoisotopic (exact) mass is 459 g/mol. The summed E-state index contributed by atoms with van der Waals surface area (Å²) in [6, 6.07) is 11.1.